The highest BCUT2D eigenvalue weighted by atomic mass is 16.5. The minimum Gasteiger partial charge on any atom is -0.493 e. The van der Waals surface area contributed by atoms with E-state index < -0.39 is 0 Å². The highest BCUT2D eigenvalue weighted by molar-refractivity contribution is 5.82. The van der Waals surface area contributed by atoms with Crippen LogP contribution in [0.2, 0.25) is 0 Å². The van der Waals surface area contributed by atoms with Gasteiger partial charge in [0.2, 0.25) is 5.91 Å². The molecule has 2 fully saturated rings. The Bertz CT molecular complexity index is 740. The van der Waals surface area contributed by atoms with E-state index >= 15 is 0 Å². The zero-order chi connectivity index (χ0) is 21.5. The van der Waals surface area contributed by atoms with E-state index in [1.54, 1.807) is 21.3 Å². The number of likely N-dealkylation sites (tertiary alicyclic amines) is 1. The number of benzene rings is 1. The maximum atomic E-state index is 12.7. The molecule has 8 heteroatoms. The van der Waals surface area contributed by atoms with Crippen LogP contribution in [-0.2, 0) is 11.3 Å². The summed E-state index contributed by atoms with van der Waals surface area (Å²) in [5, 5.41) is 3.44. The number of hydrogen-bond donors (Lipinski definition) is 1. The molecule has 1 N–H and O–H groups in total. The molecule has 1 atom stereocenters. The minimum absolute atomic E-state index is 0.0544. The predicted octanol–water partition coefficient (Wildman–Crippen LogP) is 1.41. The van der Waals surface area contributed by atoms with Gasteiger partial charge in [0.25, 0.3) is 0 Å². The lowest BCUT2D eigenvalue weighted by molar-refractivity contribution is -0.135. The number of hydrogen-bond acceptors (Lipinski definition) is 5. The number of amides is 1. The Kier molecular flexibility index (Phi) is 7.79. The monoisotopic (exact) mass is 417 g/mol. The Labute approximate surface area is 179 Å². The summed E-state index contributed by atoms with van der Waals surface area (Å²) in [4.78, 5) is 23.7. The third-order valence-corrected chi connectivity index (χ3v) is 6.07. The van der Waals surface area contributed by atoms with Gasteiger partial charge in [-0.1, -0.05) is 12.1 Å². The maximum absolute atomic E-state index is 12.7. The standard InChI is InChI=1S/C22H35N5O3/c1-17(21(28)26-10-5-6-11-26)25-12-14-27(15-13-25)22(23-2)24-16-18-8-7-9-19(29-3)20(18)30-4/h7-9,17H,5-6,10-16H2,1-4H3,(H,23,24). The third kappa shape index (κ3) is 4.98. The van der Waals surface area contributed by atoms with E-state index in [4.69, 9.17) is 9.47 Å². The van der Waals surface area contributed by atoms with Gasteiger partial charge in [-0.05, 0) is 25.8 Å². The molecule has 2 aliphatic heterocycles. The van der Waals surface area contributed by atoms with Crippen molar-refractivity contribution in [3.05, 3.63) is 23.8 Å². The van der Waals surface area contributed by atoms with Crippen molar-refractivity contribution < 1.29 is 14.3 Å². The molecule has 2 saturated heterocycles. The number of methoxy groups -OCH3 is 2. The largest absolute Gasteiger partial charge is 0.493 e. The van der Waals surface area contributed by atoms with Crippen LogP contribution in [0.5, 0.6) is 11.5 Å². The van der Waals surface area contributed by atoms with Crippen LogP contribution < -0.4 is 14.8 Å². The molecule has 0 radical (unpaired) electrons. The second-order valence-electron chi connectivity index (χ2n) is 7.78. The lowest BCUT2D eigenvalue weighted by Gasteiger charge is -2.39. The van der Waals surface area contributed by atoms with Gasteiger partial charge in [0, 0.05) is 58.4 Å². The molecule has 0 bridgehead atoms. The van der Waals surface area contributed by atoms with Gasteiger partial charge in [0.05, 0.1) is 20.3 Å². The summed E-state index contributed by atoms with van der Waals surface area (Å²) < 4.78 is 10.9. The fraction of sp³-hybridized carbons (Fsp3) is 0.636. The molecule has 166 valence electrons. The van der Waals surface area contributed by atoms with Crippen LogP contribution in [-0.4, -0.2) is 93.1 Å². The maximum Gasteiger partial charge on any atom is 0.239 e. The molecule has 1 aromatic rings. The summed E-state index contributed by atoms with van der Waals surface area (Å²) in [5.41, 5.74) is 1.02. The van der Waals surface area contributed by atoms with Crippen molar-refractivity contribution in [2.24, 2.45) is 4.99 Å². The van der Waals surface area contributed by atoms with E-state index in [9.17, 15) is 4.79 Å². The van der Waals surface area contributed by atoms with Crippen molar-refractivity contribution in [3.63, 3.8) is 0 Å². The fourth-order valence-electron chi connectivity index (χ4n) is 4.28. The molecule has 0 saturated carbocycles. The van der Waals surface area contributed by atoms with Crippen LogP contribution in [0, 0.1) is 0 Å². The molecule has 0 aliphatic carbocycles. The molecule has 1 amide bonds. The van der Waals surface area contributed by atoms with Gasteiger partial charge >= 0.3 is 0 Å². The Balaban J connectivity index is 1.53. The topological polar surface area (TPSA) is 69.6 Å². The summed E-state index contributed by atoms with van der Waals surface area (Å²) >= 11 is 0. The van der Waals surface area contributed by atoms with Gasteiger partial charge in [-0.2, -0.15) is 0 Å². The first-order valence-corrected chi connectivity index (χ1v) is 10.8. The highest BCUT2D eigenvalue weighted by Crippen LogP contribution is 2.30. The highest BCUT2D eigenvalue weighted by Gasteiger charge is 2.30. The van der Waals surface area contributed by atoms with Gasteiger partial charge in [0.1, 0.15) is 0 Å². The minimum atomic E-state index is -0.0544. The van der Waals surface area contributed by atoms with E-state index in [1.165, 1.54) is 0 Å². The molecule has 2 heterocycles. The first-order chi connectivity index (χ1) is 14.6. The van der Waals surface area contributed by atoms with Crippen molar-refractivity contribution >= 4 is 11.9 Å². The number of aliphatic imine (C=N–C) groups is 1. The van der Waals surface area contributed by atoms with Crippen LogP contribution in [0.4, 0.5) is 0 Å². The lowest BCUT2D eigenvalue weighted by Crippen LogP contribution is -2.57. The molecule has 8 nitrogen and oxygen atoms in total. The summed E-state index contributed by atoms with van der Waals surface area (Å²) in [7, 11) is 5.10. The van der Waals surface area contributed by atoms with Crippen molar-refractivity contribution in [2.45, 2.75) is 32.4 Å². The zero-order valence-corrected chi connectivity index (χ0v) is 18.7. The van der Waals surface area contributed by atoms with Gasteiger partial charge in [-0.15, -0.1) is 0 Å². The molecule has 2 aliphatic rings. The molecule has 0 aromatic heterocycles. The summed E-state index contributed by atoms with van der Waals surface area (Å²) in [6.45, 7) is 7.84. The summed E-state index contributed by atoms with van der Waals surface area (Å²) in [6.07, 6.45) is 2.26. The van der Waals surface area contributed by atoms with E-state index in [0.29, 0.717) is 6.54 Å². The van der Waals surface area contributed by atoms with Crippen molar-refractivity contribution in [1.82, 2.24) is 20.0 Å². The molecule has 30 heavy (non-hydrogen) atoms. The first-order valence-electron chi connectivity index (χ1n) is 10.8. The van der Waals surface area contributed by atoms with Crippen LogP contribution in [0.1, 0.15) is 25.3 Å². The van der Waals surface area contributed by atoms with E-state index in [1.807, 2.05) is 30.0 Å². The smallest absolute Gasteiger partial charge is 0.239 e. The SMILES string of the molecule is CN=C(NCc1cccc(OC)c1OC)N1CCN(C(C)C(=O)N2CCCC2)CC1. The van der Waals surface area contributed by atoms with Crippen LogP contribution in [0.25, 0.3) is 0 Å². The van der Waals surface area contributed by atoms with Gasteiger partial charge in [-0.25, -0.2) is 0 Å². The number of carbonyl (C=O) groups excluding carboxylic acids is 1. The van der Waals surface area contributed by atoms with Crippen molar-refractivity contribution in [1.29, 1.82) is 0 Å². The predicted molar refractivity (Wildman–Crippen MR) is 118 cm³/mol. The number of nitrogens with zero attached hydrogens (tertiary/aromatic N) is 4. The Morgan fingerprint density at radius 1 is 1.07 bits per heavy atom. The van der Waals surface area contributed by atoms with Crippen LogP contribution >= 0.6 is 0 Å². The number of rotatable bonds is 6. The Morgan fingerprint density at radius 2 is 1.77 bits per heavy atom. The summed E-state index contributed by atoms with van der Waals surface area (Å²) in [5.74, 6) is 2.59. The van der Waals surface area contributed by atoms with Gasteiger partial charge in [-0.3, -0.25) is 14.7 Å². The first kappa shape index (κ1) is 22.2. The van der Waals surface area contributed by atoms with E-state index in [0.717, 1.165) is 75.1 Å². The normalized spacial score (nSPS) is 19.0. The molecule has 0 spiro atoms. The second-order valence-corrected chi connectivity index (χ2v) is 7.78. The average Bonchev–Trinajstić information content (AvgIpc) is 3.33. The number of carbonyl (C=O) groups is 1. The van der Waals surface area contributed by atoms with Gasteiger partial charge in [0.15, 0.2) is 17.5 Å². The number of para-hydroxylation sites is 1. The van der Waals surface area contributed by atoms with E-state index in [-0.39, 0.29) is 11.9 Å². The molecular formula is C22H35N5O3. The quantitative estimate of drug-likeness (QED) is 0.558. The lowest BCUT2D eigenvalue weighted by atomic mass is 10.2. The average molecular weight is 418 g/mol. The molecule has 1 unspecified atom stereocenters. The molecule has 1 aromatic carbocycles. The zero-order valence-electron chi connectivity index (χ0n) is 18.7. The number of nitrogens with one attached hydrogen (secondary N) is 1. The Morgan fingerprint density at radius 3 is 2.37 bits per heavy atom. The Hall–Kier alpha value is -2.48. The van der Waals surface area contributed by atoms with Crippen LogP contribution in [0.3, 0.4) is 0 Å². The number of piperazine rings is 1. The number of guanidine groups is 1. The summed E-state index contributed by atoms with van der Waals surface area (Å²) in [6, 6.07) is 5.81. The molecular weight excluding hydrogens is 382 g/mol. The second kappa shape index (κ2) is 10.5. The van der Waals surface area contributed by atoms with E-state index in [2.05, 4.69) is 20.1 Å². The number of ether oxygens (including phenoxy) is 2. The fourth-order valence-corrected chi connectivity index (χ4v) is 4.28. The van der Waals surface area contributed by atoms with Crippen molar-refractivity contribution in [3.8, 4) is 11.5 Å². The molecule has 3 rings (SSSR count). The van der Waals surface area contributed by atoms with Crippen molar-refractivity contribution in [2.75, 3.05) is 60.5 Å². The van der Waals surface area contributed by atoms with Gasteiger partial charge < -0.3 is 24.6 Å². The third-order valence-electron chi connectivity index (χ3n) is 6.07. The van der Waals surface area contributed by atoms with Crippen LogP contribution in [0.15, 0.2) is 23.2 Å².